The van der Waals surface area contributed by atoms with E-state index >= 15 is 0 Å². The first kappa shape index (κ1) is 15.6. The molecule has 0 spiro atoms. The zero-order valence-electron chi connectivity index (χ0n) is 11.3. The number of nitrogens with zero attached hydrogens (tertiary/aromatic N) is 1. The highest BCUT2D eigenvalue weighted by Crippen LogP contribution is 2.17. The minimum Gasteiger partial charge on any atom is -0.465 e. The van der Waals surface area contributed by atoms with E-state index in [4.69, 9.17) is 4.74 Å². The van der Waals surface area contributed by atoms with E-state index in [1.807, 2.05) is 30.3 Å². The number of carbonyl (C=O) groups excluding carboxylic acids is 2. The van der Waals surface area contributed by atoms with E-state index in [-0.39, 0.29) is 18.4 Å². The number of carbonyl (C=O) groups is 2. The van der Waals surface area contributed by atoms with Crippen molar-refractivity contribution in [1.29, 1.82) is 0 Å². The lowest BCUT2D eigenvalue weighted by atomic mass is 10.4. The summed E-state index contributed by atoms with van der Waals surface area (Å²) >= 11 is 1.63. The van der Waals surface area contributed by atoms with Crippen LogP contribution in [-0.2, 0) is 14.3 Å². The highest BCUT2D eigenvalue weighted by Gasteiger charge is 2.13. The zero-order chi connectivity index (χ0) is 14.1. The van der Waals surface area contributed by atoms with Crippen LogP contribution in [0, 0.1) is 0 Å². The van der Waals surface area contributed by atoms with Gasteiger partial charge in [0.05, 0.1) is 6.61 Å². The molecule has 0 heterocycles. The lowest BCUT2D eigenvalue weighted by Gasteiger charge is -2.15. The minimum atomic E-state index is -0.367. The van der Waals surface area contributed by atoms with E-state index in [0.29, 0.717) is 18.8 Å². The second kappa shape index (κ2) is 8.58. The van der Waals surface area contributed by atoms with E-state index in [9.17, 15) is 9.59 Å². The molecule has 0 aliphatic carbocycles. The van der Waals surface area contributed by atoms with Crippen LogP contribution in [0.4, 0.5) is 0 Å². The van der Waals surface area contributed by atoms with Crippen molar-refractivity contribution in [3.8, 4) is 0 Å². The first-order chi connectivity index (χ1) is 9.13. The second-order valence-corrected chi connectivity index (χ2v) is 5.13. The van der Waals surface area contributed by atoms with Crippen LogP contribution >= 0.6 is 11.8 Å². The van der Waals surface area contributed by atoms with Crippen LogP contribution in [0.3, 0.4) is 0 Å². The molecule has 0 bridgehead atoms. The molecular formula is C14H19NO3S. The Morgan fingerprint density at radius 1 is 1.26 bits per heavy atom. The van der Waals surface area contributed by atoms with Crippen molar-refractivity contribution < 1.29 is 14.3 Å². The summed E-state index contributed by atoms with van der Waals surface area (Å²) in [6.45, 7) is 2.10. The van der Waals surface area contributed by atoms with Gasteiger partial charge in [0.15, 0.2) is 0 Å². The van der Waals surface area contributed by atoms with Gasteiger partial charge in [-0.05, 0) is 19.1 Å². The number of rotatable bonds is 7. The molecule has 1 aromatic carbocycles. The summed E-state index contributed by atoms with van der Waals surface area (Å²) in [4.78, 5) is 25.6. The summed E-state index contributed by atoms with van der Waals surface area (Å²) in [5.41, 5.74) is 0. The van der Waals surface area contributed by atoms with Gasteiger partial charge in [0.1, 0.15) is 6.54 Å². The smallest absolute Gasteiger partial charge is 0.325 e. The third-order valence-corrected chi connectivity index (χ3v) is 3.44. The van der Waals surface area contributed by atoms with Crippen LogP contribution in [0.5, 0.6) is 0 Å². The average Bonchev–Trinajstić information content (AvgIpc) is 2.40. The molecule has 1 aromatic rings. The van der Waals surface area contributed by atoms with Gasteiger partial charge in [-0.3, -0.25) is 9.59 Å². The number of ether oxygens (including phenoxy) is 1. The standard InChI is InChI=1S/C14H19NO3S/c1-3-18-14(17)11-15(2)13(16)9-10-19-12-7-5-4-6-8-12/h4-8H,3,9-11H2,1-2H3. The average molecular weight is 281 g/mol. The van der Waals surface area contributed by atoms with Crippen LogP contribution in [0.15, 0.2) is 35.2 Å². The molecule has 0 N–H and O–H groups in total. The van der Waals surface area contributed by atoms with E-state index in [2.05, 4.69) is 0 Å². The van der Waals surface area contributed by atoms with Gasteiger partial charge >= 0.3 is 5.97 Å². The molecule has 0 unspecified atom stereocenters. The molecule has 4 nitrogen and oxygen atoms in total. The van der Waals surface area contributed by atoms with Gasteiger partial charge in [-0.2, -0.15) is 0 Å². The number of thioether (sulfide) groups is 1. The number of hydrogen-bond donors (Lipinski definition) is 0. The van der Waals surface area contributed by atoms with E-state index in [0.717, 1.165) is 4.90 Å². The molecule has 0 saturated heterocycles. The molecule has 0 atom stereocenters. The molecular weight excluding hydrogens is 262 g/mol. The molecule has 0 aliphatic rings. The maximum Gasteiger partial charge on any atom is 0.325 e. The van der Waals surface area contributed by atoms with E-state index < -0.39 is 0 Å². The number of likely N-dealkylation sites (N-methyl/N-ethyl adjacent to an activating group) is 1. The van der Waals surface area contributed by atoms with E-state index in [1.165, 1.54) is 4.90 Å². The van der Waals surface area contributed by atoms with Gasteiger partial charge in [0.2, 0.25) is 5.91 Å². The lowest BCUT2D eigenvalue weighted by molar-refractivity contribution is -0.148. The van der Waals surface area contributed by atoms with Gasteiger partial charge in [-0.1, -0.05) is 18.2 Å². The molecule has 104 valence electrons. The van der Waals surface area contributed by atoms with Crippen LogP contribution in [-0.4, -0.2) is 42.7 Å². The summed E-state index contributed by atoms with van der Waals surface area (Å²) in [5.74, 6) is 0.293. The molecule has 0 aromatic heterocycles. The molecule has 0 saturated carbocycles. The van der Waals surface area contributed by atoms with Gasteiger partial charge in [0, 0.05) is 24.1 Å². The Bertz CT molecular complexity index is 408. The Labute approximate surface area is 118 Å². The minimum absolute atomic E-state index is 0.0165. The van der Waals surface area contributed by atoms with Crippen molar-refractivity contribution >= 4 is 23.6 Å². The highest BCUT2D eigenvalue weighted by molar-refractivity contribution is 7.99. The molecule has 0 radical (unpaired) electrons. The molecule has 19 heavy (non-hydrogen) atoms. The molecule has 1 rings (SSSR count). The third kappa shape index (κ3) is 6.29. The first-order valence-corrected chi connectivity index (χ1v) is 7.19. The first-order valence-electron chi connectivity index (χ1n) is 6.21. The van der Waals surface area contributed by atoms with Crippen molar-refractivity contribution in [3.05, 3.63) is 30.3 Å². The largest absolute Gasteiger partial charge is 0.465 e. The Kier molecular flexibility index (Phi) is 7.03. The normalized spacial score (nSPS) is 10.0. The molecule has 0 fully saturated rings. The third-order valence-electron chi connectivity index (χ3n) is 2.43. The quantitative estimate of drug-likeness (QED) is 0.568. The summed E-state index contributed by atoms with van der Waals surface area (Å²) < 4.78 is 4.80. The zero-order valence-corrected chi connectivity index (χ0v) is 12.1. The lowest BCUT2D eigenvalue weighted by Crippen LogP contribution is -2.33. The Morgan fingerprint density at radius 3 is 2.58 bits per heavy atom. The predicted octanol–water partition coefficient (Wildman–Crippen LogP) is 2.19. The van der Waals surface area contributed by atoms with Crippen LogP contribution in [0.1, 0.15) is 13.3 Å². The van der Waals surface area contributed by atoms with Crippen LogP contribution in [0.2, 0.25) is 0 Å². The van der Waals surface area contributed by atoms with Crippen LogP contribution < -0.4 is 0 Å². The van der Waals surface area contributed by atoms with E-state index in [1.54, 1.807) is 25.7 Å². The fraction of sp³-hybridized carbons (Fsp3) is 0.429. The van der Waals surface area contributed by atoms with Crippen molar-refractivity contribution in [3.63, 3.8) is 0 Å². The van der Waals surface area contributed by atoms with Crippen molar-refractivity contribution in [2.75, 3.05) is 26.0 Å². The second-order valence-electron chi connectivity index (χ2n) is 3.97. The van der Waals surface area contributed by atoms with Crippen molar-refractivity contribution in [2.45, 2.75) is 18.2 Å². The summed E-state index contributed by atoms with van der Waals surface area (Å²) in [6.07, 6.45) is 0.412. The van der Waals surface area contributed by atoms with Gasteiger partial charge in [-0.15, -0.1) is 11.8 Å². The van der Waals surface area contributed by atoms with Gasteiger partial charge < -0.3 is 9.64 Å². The Balaban J connectivity index is 2.25. The number of amides is 1. The molecule has 1 amide bonds. The Morgan fingerprint density at radius 2 is 1.95 bits per heavy atom. The fourth-order valence-corrected chi connectivity index (χ4v) is 2.31. The Hall–Kier alpha value is -1.49. The monoisotopic (exact) mass is 281 g/mol. The summed E-state index contributed by atoms with van der Waals surface area (Å²) in [7, 11) is 1.62. The van der Waals surface area contributed by atoms with Gasteiger partial charge in [-0.25, -0.2) is 0 Å². The SMILES string of the molecule is CCOC(=O)CN(C)C(=O)CCSc1ccccc1. The van der Waals surface area contributed by atoms with Crippen molar-refractivity contribution in [1.82, 2.24) is 4.90 Å². The van der Waals surface area contributed by atoms with Crippen molar-refractivity contribution in [2.24, 2.45) is 0 Å². The topological polar surface area (TPSA) is 46.6 Å². The maximum absolute atomic E-state index is 11.8. The number of hydrogen-bond acceptors (Lipinski definition) is 4. The number of esters is 1. The fourth-order valence-electron chi connectivity index (χ4n) is 1.45. The predicted molar refractivity (Wildman–Crippen MR) is 76.1 cm³/mol. The highest BCUT2D eigenvalue weighted by atomic mass is 32.2. The summed E-state index contributed by atoms with van der Waals surface area (Å²) in [6, 6.07) is 9.92. The van der Waals surface area contributed by atoms with Crippen LogP contribution in [0.25, 0.3) is 0 Å². The molecule has 5 heteroatoms. The summed E-state index contributed by atoms with van der Waals surface area (Å²) in [5, 5.41) is 0. The molecule has 0 aliphatic heterocycles. The van der Waals surface area contributed by atoms with Gasteiger partial charge in [0.25, 0.3) is 0 Å². The maximum atomic E-state index is 11.8. The number of benzene rings is 1.